The molecule has 0 spiro atoms. The van der Waals surface area contributed by atoms with E-state index in [-0.39, 0.29) is 25.2 Å². The first-order chi connectivity index (χ1) is 15.0. The van der Waals surface area contributed by atoms with Gasteiger partial charge in [0.05, 0.1) is 30.9 Å². The van der Waals surface area contributed by atoms with Gasteiger partial charge < -0.3 is 24.4 Å². The van der Waals surface area contributed by atoms with E-state index in [0.29, 0.717) is 35.2 Å². The van der Waals surface area contributed by atoms with Crippen LogP contribution in [-0.2, 0) is 6.61 Å². The smallest absolute Gasteiger partial charge is 0.253 e. The van der Waals surface area contributed by atoms with E-state index in [0.717, 1.165) is 17.5 Å². The molecule has 0 saturated carbocycles. The van der Waals surface area contributed by atoms with Crippen molar-refractivity contribution >= 4 is 5.91 Å². The van der Waals surface area contributed by atoms with Gasteiger partial charge in [-0.1, -0.05) is 18.5 Å². The quantitative estimate of drug-likeness (QED) is 0.508. The van der Waals surface area contributed by atoms with Crippen molar-refractivity contribution in [1.82, 2.24) is 20.4 Å². The number of methoxy groups -OCH3 is 1. The van der Waals surface area contributed by atoms with E-state index in [4.69, 9.17) is 14.0 Å². The molecule has 0 aliphatic rings. The van der Waals surface area contributed by atoms with Crippen LogP contribution in [0.3, 0.4) is 0 Å². The summed E-state index contributed by atoms with van der Waals surface area (Å²) in [5.41, 5.74) is 2.59. The van der Waals surface area contributed by atoms with Crippen LogP contribution in [0.15, 0.2) is 41.2 Å². The van der Waals surface area contributed by atoms with Crippen molar-refractivity contribution < 1.29 is 23.9 Å². The number of aryl methyl sites for hydroxylation is 1. The monoisotopic (exact) mass is 426 g/mol. The van der Waals surface area contributed by atoms with Crippen molar-refractivity contribution in [1.29, 1.82) is 0 Å². The second-order valence-corrected chi connectivity index (χ2v) is 6.97. The topological polar surface area (TPSA) is 120 Å². The molecule has 3 heterocycles. The van der Waals surface area contributed by atoms with Crippen molar-refractivity contribution in [2.45, 2.75) is 39.3 Å². The number of pyridine rings is 2. The highest BCUT2D eigenvalue weighted by Crippen LogP contribution is 2.26. The summed E-state index contributed by atoms with van der Waals surface area (Å²) in [7, 11) is 1.56. The second-order valence-electron chi connectivity index (χ2n) is 6.97. The first-order valence-corrected chi connectivity index (χ1v) is 10.0. The minimum absolute atomic E-state index is 0.0989. The highest BCUT2D eigenvalue weighted by molar-refractivity contribution is 5.94. The predicted molar refractivity (Wildman–Crippen MR) is 113 cm³/mol. The third kappa shape index (κ3) is 5.58. The van der Waals surface area contributed by atoms with Gasteiger partial charge in [0, 0.05) is 30.1 Å². The van der Waals surface area contributed by atoms with Crippen molar-refractivity contribution in [3.63, 3.8) is 0 Å². The Morgan fingerprint density at radius 1 is 1.19 bits per heavy atom. The first-order valence-electron chi connectivity index (χ1n) is 10.0. The fourth-order valence-electron chi connectivity index (χ4n) is 3.00. The van der Waals surface area contributed by atoms with Gasteiger partial charge >= 0.3 is 0 Å². The molecule has 1 amide bonds. The molecule has 2 N–H and O–H groups in total. The summed E-state index contributed by atoms with van der Waals surface area (Å²) in [6.45, 7) is 3.90. The maximum atomic E-state index is 12.3. The summed E-state index contributed by atoms with van der Waals surface area (Å²) in [5, 5.41) is 16.2. The summed E-state index contributed by atoms with van der Waals surface area (Å²) in [5.74, 6) is 1.22. The third-order valence-electron chi connectivity index (χ3n) is 4.76. The number of aliphatic hydroxyl groups excluding tert-OH is 1. The lowest BCUT2D eigenvalue weighted by atomic mass is 10.1. The van der Waals surface area contributed by atoms with Crippen LogP contribution in [0.4, 0.5) is 0 Å². The van der Waals surface area contributed by atoms with Crippen LogP contribution in [0.5, 0.6) is 11.8 Å². The van der Waals surface area contributed by atoms with E-state index in [1.54, 1.807) is 38.4 Å². The third-order valence-corrected chi connectivity index (χ3v) is 4.76. The summed E-state index contributed by atoms with van der Waals surface area (Å²) in [6.07, 6.45) is 4.68. The highest BCUT2D eigenvalue weighted by atomic mass is 16.5. The van der Waals surface area contributed by atoms with Crippen molar-refractivity contribution in [2.75, 3.05) is 13.7 Å². The zero-order chi connectivity index (χ0) is 22.2. The van der Waals surface area contributed by atoms with Gasteiger partial charge in [-0.15, -0.1) is 0 Å². The number of rotatable bonds is 10. The summed E-state index contributed by atoms with van der Waals surface area (Å²) in [4.78, 5) is 20.7. The molecule has 0 aliphatic carbocycles. The minimum atomic E-state index is -0.282. The van der Waals surface area contributed by atoms with Crippen LogP contribution in [0.2, 0.25) is 0 Å². The molecule has 3 aromatic rings. The minimum Gasteiger partial charge on any atom is -0.481 e. The molecular formula is C22H26N4O5. The molecule has 3 aromatic heterocycles. The van der Waals surface area contributed by atoms with Crippen molar-refractivity contribution in [2.24, 2.45) is 0 Å². The van der Waals surface area contributed by atoms with Crippen LogP contribution < -0.4 is 14.8 Å². The molecule has 1 atom stereocenters. The normalized spacial score (nSPS) is 11.7. The molecule has 9 nitrogen and oxygen atoms in total. The number of aliphatic hydroxyl groups is 1. The molecule has 0 bridgehead atoms. The zero-order valence-electron chi connectivity index (χ0n) is 17.8. The second kappa shape index (κ2) is 10.5. The van der Waals surface area contributed by atoms with Gasteiger partial charge in [-0.05, 0) is 25.5 Å². The Bertz CT molecular complexity index is 986. The van der Waals surface area contributed by atoms with Crippen LogP contribution in [-0.4, -0.2) is 45.9 Å². The standard InChI is InChI=1S/C22H26N4O5/c1-4-5-17(12-27)25-22(28)16-7-9-20(24-11-16)30-13-18-14(2)31-26-21(18)15-6-8-19(29-3)23-10-15/h6-11,17,27H,4-5,12-13H2,1-3H3,(H,25,28). The number of amides is 1. The Balaban J connectivity index is 1.65. The number of hydrogen-bond donors (Lipinski definition) is 2. The molecule has 0 fully saturated rings. The lowest BCUT2D eigenvalue weighted by Crippen LogP contribution is -2.37. The fraction of sp³-hybridized carbons (Fsp3) is 0.364. The molecule has 164 valence electrons. The van der Waals surface area contributed by atoms with Crippen LogP contribution in [0.25, 0.3) is 11.3 Å². The molecule has 0 radical (unpaired) electrons. The molecule has 3 rings (SSSR count). The maximum Gasteiger partial charge on any atom is 0.253 e. The Hall–Kier alpha value is -3.46. The lowest BCUT2D eigenvalue weighted by Gasteiger charge is -2.15. The van der Waals surface area contributed by atoms with Crippen molar-refractivity contribution in [3.8, 4) is 23.0 Å². The molecule has 9 heteroatoms. The Morgan fingerprint density at radius 3 is 2.58 bits per heavy atom. The van der Waals surface area contributed by atoms with Gasteiger partial charge in [0.15, 0.2) is 0 Å². The van der Waals surface area contributed by atoms with Crippen LogP contribution >= 0.6 is 0 Å². The molecule has 1 unspecified atom stereocenters. The Morgan fingerprint density at radius 2 is 1.97 bits per heavy atom. The van der Waals surface area contributed by atoms with E-state index in [9.17, 15) is 9.90 Å². The predicted octanol–water partition coefficient (Wildman–Crippen LogP) is 2.92. The largest absolute Gasteiger partial charge is 0.481 e. The van der Waals surface area contributed by atoms with Gasteiger partial charge in [0.2, 0.25) is 11.8 Å². The molecule has 0 aromatic carbocycles. The van der Waals surface area contributed by atoms with Crippen LogP contribution in [0, 0.1) is 6.92 Å². The summed E-state index contributed by atoms with van der Waals surface area (Å²) >= 11 is 0. The first kappa shape index (κ1) is 22.2. The molecule has 31 heavy (non-hydrogen) atoms. The van der Waals surface area contributed by atoms with Gasteiger partial charge in [-0.25, -0.2) is 9.97 Å². The molecule has 0 aliphatic heterocycles. The zero-order valence-corrected chi connectivity index (χ0v) is 17.8. The number of nitrogens with zero attached hydrogens (tertiary/aromatic N) is 3. The Kier molecular flexibility index (Phi) is 7.55. The average Bonchev–Trinajstić information content (AvgIpc) is 3.17. The maximum absolute atomic E-state index is 12.3. The SMILES string of the molecule is CCCC(CO)NC(=O)c1ccc(OCc2c(-c3ccc(OC)nc3)noc2C)nc1. The number of aromatic nitrogens is 3. The van der Waals surface area contributed by atoms with Gasteiger partial charge in [0.1, 0.15) is 18.1 Å². The summed E-state index contributed by atoms with van der Waals surface area (Å²) in [6, 6.07) is 6.58. The van der Waals surface area contributed by atoms with Crippen LogP contribution in [0.1, 0.15) is 41.4 Å². The van der Waals surface area contributed by atoms with E-state index >= 15 is 0 Å². The van der Waals surface area contributed by atoms with E-state index < -0.39 is 0 Å². The number of carbonyl (C=O) groups is 1. The van der Waals surface area contributed by atoms with Gasteiger partial charge in [0.25, 0.3) is 5.91 Å². The van der Waals surface area contributed by atoms with E-state index in [1.165, 1.54) is 6.20 Å². The molecule has 0 saturated heterocycles. The number of nitrogens with one attached hydrogen (secondary N) is 1. The summed E-state index contributed by atoms with van der Waals surface area (Å²) < 4.78 is 16.2. The highest BCUT2D eigenvalue weighted by Gasteiger charge is 2.17. The van der Waals surface area contributed by atoms with E-state index in [1.807, 2.05) is 13.0 Å². The van der Waals surface area contributed by atoms with Crippen molar-refractivity contribution in [3.05, 3.63) is 53.5 Å². The van der Waals surface area contributed by atoms with E-state index in [2.05, 4.69) is 20.4 Å². The number of carbonyl (C=O) groups excluding carboxylic acids is 1. The van der Waals surface area contributed by atoms with Gasteiger partial charge in [-0.2, -0.15) is 0 Å². The lowest BCUT2D eigenvalue weighted by molar-refractivity contribution is 0.0912. The van der Waals surface area contributed by atoms with Gasteiger partial charge in [-0.3, -0.25) is 4.79 Å². The number of hydrogen-bond acceptors (Lipinski definition) is 8. The average molecular weight is 426 g/mol. The molecular weight excluding hydrogens is 400 g/mol. The number of ether oxygens (including phenoxy) is 2. The fourth-order valence-corrected chi connectivity index (χ4v) is 3.00. The Labute approximate surface area is 180 Å².